The summed E-state index contributed by atoms with van der Waals surface area (Å²) in [5.74, 6) is 3.61. The van der Waals surface area contributed by atoms with Crippen molar-refractivity contribution in [2.45, 2.75) is 30.5 Å². The molecule has 0 aliphatic rings. The van der Waals surface area contributed by atoms with E-state index in [2.05, 4.69) is 31.6 Å². The maximum absolute atomic E-state index is 11.6. The summed E-state index contributed by atoms with van der Waals surface area (Å²) in [6, 6.07) is 0. The zero-order valence-electron chi connectivity index (χ0n) is 8.46. The van der Waals surface area contributed by atoms with Crippen LogP contribution in [0.5, 0.6) is 0 Å². The molecule has 0 aliphatic heterocycles. The van der Waals surface area contributed by atoms with Gasteiger partial charge >= 0.3 is 0 Å². The molecule has 4 heteroatoms. The van der Waals surface area contributed by atoms with Gasteiger partial charge in [-0.05, 0) is 5.87 Å². The smallest absolute Gasteiger partial charge is 0.172 e. The molecule has 0 amide bonds. The Kier molecular flexibility index (Phi) is 2.56. The van der Waals surface area contributed by atoms with Gasteiger partial charge in [0.15, 0.2) is 4.34 Å². The topological polar surface area (TPSA) is 30.0 Å². The lowest BCUT2D eigenvalue weighted by Crippen LogP contribution is -2.11. The van der Waals surface area contributed by atoms with Gasteiger partial charge in [0.2, 0.25) is 0 Å². The van der Waals surface area contributed by atoms with Crippen molar-refractivity contribution in [1.29, 1.82) is 0 Å². The van der Waals surface area contributed by atoms with Crippen LogP contribution in [0.1, 0.15) is 26.5 Å². The Morgan fingerprint density at radius 3 is 2.31 bits per heavy atom. The maximum atomic E-state index is 11.6. The van der Waals surface area contributed by atoms with E-state index in [1.807, 2.05) is 5.38 Å². The Bertz CT molecular complexity index is 395. The van der Waals surface area contributed by atoms with E-state index in [4.69, 9.17) is 0 Å². The largest absolute Gasteiger partial charge is 0.261 e. The monoisotopic (exact) mass is 217 g/mol. The van der Waals surface area contributed by atoms with E-state index in [0.717, 1.165) is 5.69 Å². The lowest BCUT2D eigenvalue weighted by Gasteiger charge is -2.14. The average Bonchev–Trinajstić information content (AvgIpc) is 2.28. The molecule has 13 heavy (non-hydrogen) atoms. The van der Waals surface area contributed by atoms with Gasteiger partial charge in [-0.15, -0.1) is 11.3 Å². The Morgan fingerprint density at radius 1 is 1.54 bits per heavy atom. The first-order chi connectivity index (χ1) is 5.71. The van der Waals surface area contributed by atoms with Gasteiger partial charge in [0.1, 0.15) is 0 Å². The Hall–Kier alpha value is -0.350. The van der Waals surface area contributed by atoms with Crippen LogP contribution in [0.3, 0.4) is 0 Å². The number of thiazole rings is 1. The first-order valence-electron chi connectivity index (χ1n) is 3.99. The number of nitrogens with zero attached hydrogens (tertiary/aromatic N) is 1. The zero-order chi connectivity index (χ0) is 10.3. The quantitative estimate of drug-likeness (QED) is 0.675. The molecule has 1 heterocycles. The average molecular weight is 217 g/mol. The van der Waals surface area contributed by atoms with E-state index in [9.17, 15) is 4.21 Å². The van der Waals surface area contributed by atoms with Gasteiger partial charge in [0.25, 0.3) is 0 Å². The molecule has 0 N–H and O–H groups in total. The summed E-state index contributed by atoms with van der Waals surface area (Å²) in [5, 5.41) is 1.96. The van der Waals surface area contributed by atoms with Crippen LogP contribution in [0.2, 0.25) is 0 Å². The number of aromatic nitrogens is 1. The fraction of sp³-hybridized carbons (Fsp3) is 0.556. The number of hydrogen-bond acceptors (Lipinski definition) is 3. The summed E-state index contributed by atoms with van der Waals surface area (Å²) in [6.07, 6.45) is 1.62. The molecule has 2 nitrogen and oxygen atoms in total. The molecule has 0 radical (unpaired) electrons. The minimum Gasteiger partial charge on any atom is -0.261 e. The molecule has 74 valence electrons. The zero-order valence-corrected chi connectivity index (χ0v) is 10.1. The van der Waals surface area contributed by atoms with Crippen molar-refractivity contribution >= 4 is 26.7 Å². The molecular weight excluding hydrogens is 202 g/mol. The molecule has 0 saturated carbocycles. The van der Waals surface area contributed by atoms with Crippen molar-refractivity contribution in [2.24, 2.45) is 0 Å². The van der Waals surface area contributed by atoms with Crippen LogP contribution in [-0.2, 0) is 14.9 Å². The van der Waals surface area contributed by atoms with Crippen LogP contribution in [0, 0.1) is 0 Å². The van der Waals surface area contributed by atoms with Crippen LogP contribution < -0.4 is 0 Å². The third kappa shape index (κ3) is 2.54. The highest BCUT2D eigenvalue weighted by Gasteiger charge is 2.18. The molecule has 1 aromatic heterocycles. The Balaban J connectivity index is 3.16. The highest BCUT2D eigenvalue weighted by Crippen LogP contribution is 2.25. The second-order valence-corrected chi connectivity index (χ2v) is 7.77. The molecule has 0 bridgehead atoms. The minimum atomic E-state index is -2.13. The van der Waals surface area contributed by atoms with Crippen molar-refractivity contribution < 1.29 is 4.21 Å². The lowest BCUT2D eigenvalue weighted by molar-refractivity contribution is 0.569. The van der Waals surface area contributed by atoms with Gasteiger partial charge < -0.3 is 0 Å². The van der Waals surface area contributed by atoms with Gasteiger partial charge in [-0.3, -0.25) is 4.21 Å². The molecule has 0 fully saturated rings. The summed E-state index contributed by atoms with van der Waals surface area (Å²) < 4.78 is 12.2. The molecule has 1 rings (SSSR count). The van der Waals surface area contributed by atoms with E-state index >= 15 is 0 Å². The highest BCUT2D eigenvalue weighted by molar-refractivity contribution is 8.01. The van der Waals surface area contributed by atoms with Gasteiger partial charge in [-0.1, -0.05) is 20.8 Å². The Labute approximate surface area is 84.0 Å². The first kappa shape index (κ1) is 10.7. The molecular formula is C9H15NOS2. The number of hydrogen-bond donors (Lipinski definition) is 0. The lowest BCUT2D eigenvalue weighted by atomic mass is 9.93. The van der Waals surface area contributed by atoms with Crippen LogP contribution in [0.15, 0.2) is 9.72 Å². The first-order valence-corrected chi connectivity index (χ1v) is 7.01. The minimum absolute atomic E-state index is 0.0272. The fourth-order valence-corrected chi connectivity index (χ4v) is 2.82. The van der Waals surface area contributed by atoms with Crippen molar-refractivity contribution in [3.05, 3.63) is 11.1 Å². The van der Waals surface area contributed by atoms with E-state index in [1.165, 1.54) is 11.3 Å². The second kappa shape index (κ2) is 3.10. The maximum Gasteiger partial charge on any atom is 0.172 e. The standard InChI is InChI=1S/C9H15NOS2/c1-9(2,3)7-6-12-8(10-7)13(4,5)11/h6H,4H2,1-3,5H3. The third-order valence-corrected chi connectivity index (χ3v) is 4.43. The molecule has 1 unspecified atom stereocenters. The summed E-state index contributed by atoms with van der Waals surface area (Å²) in [6.45, 7) is 6.27. The van der Waals surface area contributed by atoms with Gasteiger partial charge in [-0.25, -0.2) is 4.98 Å². The summed E-state index contributed by atoms with van der Waals surface area (Å²) in [5.41, 5.74) is 1.02. The van der Waals surface area contributed by atoms with Gasteiger partial charge in [-0.2, -0.15) is 0 Å². The fourth-order valence-electron chi connectivity index (χ4n) is 0.800. The summed E-state index contributed by atoms with van der Waals surface area (Å²) in [7, 11) is -2.13. The van der Waals surface area contributed by atoms with Crippen molar-refractivity contribution in [3.63, 3.8) is 0 Å². The molecule has 0 saturated heterocycles. The SMILES string of the molecule is C=S(C)(=O)c1nc(C(C)(C)C)cs1. The van der Waals surface area contributed by atoms with Crippen LogP contribution in [0.25, 0.3) is 0 Å². The van der Waals surface area contributed by atoms with Crippen LogP contribution in [-0.4, -0.2) is 21.3 Å². The molecule has 0 aromatic carbocycles. The van der Waals surface area contributed by atoms with Gasteiger partial charge in [0, 0.05) is 26.6 Å². The van der Waals surface area contributed by atoms with Crippen molar-refractivity contribution in [2.75, 3.05) is 6.26 Å². The van der Waals surface area contributed by atoms with E-state index in [0.29, 0.717) is 4.34 Å². The van der Waals surface area contributed by atoms with E-state index in [-0.39, 0.29) is 5.41 Å². The van der Waals surface area contributed by atoms with Crippen molar-refractivity contribution in [1.82, 2.24) is 4.98 Å². The predicted molar refractivity (Wildman–Crippen MR) is 60.3 cm³/mol. The second-order valence-electron chi connectivity index (χ2n) is 4.25. The highest BCUT2D eigenvalue weighted by atomic mass is 32.2. The van der Waals surface area contributed by atoms with E-state index < -0.39 is 9.52 Å². The van der Waals surface area contributed by atoms with Crippen LogP contribution >= 0.6 is 11.3 Å². The normalized spacial score (nSPS) is 16.9. The third-order valence-electron chi connectivity index (χ3n) is 1.62. The molecule has 1 aromatic rings. The summed E-state index contributed by atoms with van der Waals surface area (Å²) in [4.78, 5) is 4.33. The van der Waals surface area contributed by atoms with Crippen molar-refractivity contribution in [3.8, 4) is 0 Å². The molecule has 0 aliphatic carbocycles. The number of rotatable bonds is 1. The Morgan fingerprint density at radius 2 is 2.08 bits per heavy atom. The van der Waals surface area contributed by atoms with Gasteiger partial charge in [0.05, 0.1) is 5.69 Å². The molecule has 0 spiro atoms. The summed E-state index contributed by atoms with van der Waals surface area (Å²) >= 11 is 1.43. The predicted octanol–water partition coefficient (Wildman–Crippen LogP) is 2.15. The van der Waals surface area contributed by atoms with Crippen LogP contribution in [0.4, 0.5) is 0 Å². The molecule has 1 atom stereocenters. The van der Waals surface area contributed by atoms with E-state index in [1.54, 1.807) is 6.26 Å².